The van der Waals surface area contributed by atoms with E-state index in [9.17, 15) is 4.79 Å². The second-order valence-corrected chi connectivity index (χ2v) is 6.54. The Bertz CT molecular complexity index is 650. The Morgan fingerprint density at radius 3 is 2.86 bits per heavy atom. The second kappa shape index (κ2) is 6.00. The number of nitrogens with zero attached hydrogens (tertiary/aromatic N) is 1. The van der Waals surface area contributed by atoms with Crippen molar-refractivity contribution in [3.05, 3.63) is 57.3 Å². The quantitative estimate of drug-likeness (QED) is 0.939. The van der Waals surface area contributed by atoms with Gasteiger partial charge in [0.25, 0.3) is 0 Å². The van der Waals surface area contributed by atoms with Crippen molar-refractivity contribution in [3.8, 4) is 0 Å². The first-order valence-electron chi connectivity index (χ1n) is 7.24. The Morgan fingerprint density at radius 2 is 2.10 bits per heavy atom. The normalized spacial score (nSPS) is 18.4. The summed E-state index contributed by atoms with van der Waals surface area (Å²) < 4.78 is 0. The molecule has 2 heterocycles. The fraction of sp³-hybridized carbons (Fsp3) is 0.353. The summed E-state index contributed by atoms with van der Waals surface area (Å²) in [6, 6.07) is 10.5. The van der Waals surface area contributed by atoms with Crippen molar-refractivity contribution in [1.29, 1.82) is 0 Å². The fourth-order valence-corrected chi connectivity index (χ4v) is 4.01. The zero-order valence-electron chi connectivity index (χ0n) is 12.1. The molecule has 0 fully saturated rings. The first kappa shape index (κ1) is 14.3. The number of aliphatic carboxylic acids is 1. The highest BCUT2D eigenvalue weighted by Gasteiger charge is 2.25. The Kier molecular flexibility index (Phi) is 4.08. The van der Waals surface area contributed by atoms with Crippen LogP contribution in [-0.4, -0.2) is 22.5 Å². The number of hydrogen-bond acceptors (Lipinski definition) is 3. The molecule has 0 saturated carbocycles. The molecule has 21 heavy (non-hydrogen) atoms. The van der Waals surface area contributed by atoms with Crippen molar-refractivity contribution in [2.24, 2.45) is 0 Å². The number of fused-ring (bicyclic) bond motifs is 1. The predicted molar refractivity (Wildman–Crippen MR) is 84.6 cm³/mol. The summed E-state index contributed by atoms with van der Waals surface area (Å²) in [5.41, 5.74) is 3.49. The highest BCUT2D eigenvalue weighted by Crippen LogP contribution is 2.33. The number of thiophene rings is 1. The van der Waals surface area contributed by atoms with Gasteiger partial charge >= 0.3 is 5.97 Å². The van der Waals surface area contributed by atoms with Crippen LogP contribution in [0.25, 0.3) is 0 Å². The summed E-state index contributed by atoms with van der Waals surface area (Å²) in [6.07, 6.45) is 1.19. The van der Waals surface area contributed by atoms with Crippen molar-refractivity contribution >= 4 is 17.3 Å². The van der Waals surface area contributed by atoms with Crippen molar-refractivity contribution in [2.75, 3.05) is 6.54 Å². The van der Waals surface area contributed by atoms with Gasteiger partial charge in [-0.2, -0.15) is 0 Å². The molecule has 2 aromatic rings. The van der Waals surface area contributed by atoms with Crippen molar-refractivity contribution in [1.82, 2.24) is 4.90 Å². The third-order valence-electron chi connectivity index (χ3n) is 4.24. The van der Waals surface area contributed by atoms with E-state index in [1.165, 1.54) is 10.4 Å². The van der Waals surface area contributed by atoms with Crippen LogP contribution < -0.4 is 0 Å². The Balaban J connectivity index is 1.80. The molecule has 1 aromatic carbocycles. The summed E-state index contributed by atoms with van der Waals surface area (Å²) in [5.74, 6) is -0.769. The lowest BCUT2D eigenvalue weighted by Crippen LogP contribution is -2.33. The summed E-state index contributed by atoms with van der Waals surface area (Å²) in [6.45, 7) is 4.10. The van der Waals surface area contributed by atoms with Crippen LogP contribution in [0.5, 0.6) is 0 Å². The lowest BCUT2D eigenvalue weighted by molar-refractivity contribution is -0.136. The number of carboxylic acid groups (broad SMARTS) is 1. The third kappa shape index (κ3) is 3.01. The molecule has 110 valence electrons. The van der Waals surface area contributed by atoms with Gasteiger partial charge in [0.1, 0.15) is 0 Å². The topological polar surface area (TPSA) is 40.5 Å². The molecule has 1 aliphatic rings. The van der Waals surface area contributed by atoms with Crippen LogP contribution in [0.4, 0.5) is 0 Å². The van der Waals surface area contributed by atoms with Crippen LogP contribution in [0.1, 0.15) is 34.5 Å². The first-order valence-corrected chi connectivity index (χ1v) is 8.12. The molecular formula is C17H19NO2S. The lowest BCUT2D eigenvalue weighted by Gasteiger charge is -2.34. The Morgan fingerprint density at radius 1 is 1.33 bits per heavy atom. The predicted octanol–water partition coefficient (Wildman–Crippen LogP) is 3.49. The molecule has 4 heteroatoms. The maximum Gasteiger partial charge on any atom is 0.307 e. The highest BCUT2D eigenvalue weighted by molar-refractivity contribution is 7.10. The minimum Gasteiger partial charge on any atom is -0.481 e. The minimum atomic E-state index is -0.769. The molecule has 1 aromatic heterocycles. The van der Waals surface area contributed by atoms with Crippen LogP contribution in [0, 0.1) is 0 Å². The second-order valence-electron chi connectivity index (χ2n) is 5.53. The number of rotatable bonds is 4. The molecule has 0 aliphatic carbocycles. The highest BCUT2D eigenvalue weighted by atomic mass is 32.1. The molecule has 1 aliphatic heterocycles. The Hall–Kier alpha value is -1.65. The van der Waals surface area contributed by atoms with Crippen molar-refractivity contribution < 1.29 is 9.90 Å². The number of carboxylic acids is 1. The zero-order valence-corrected chi connectivity index (χ0v) is 12.9. The molecular weight excluding hydrogens is 282 g/mol. The van der Waals surface area contributed by atoms with E-state index in [1.807, 2.05) is 35.6 Å². The monoisotopic (exact) mass is 301 g/mol. The maximum absolute atomic E-state index is 11.0. The lowest BCUT2D eigenvalue weighted by atomic mass is 9.98. The van der Waals surface area contributed by atoms with E-state index in [0.717, 1.165) is 30.6 Å². The van der Waals surface area contributed by atoms with E-state index in [2.05, 4.69) is 23.3 Å². The Labute approximate surface area is 128 Å². The SMILES string of the molecule is CC1c2ccsc2CCN1Cc1ccccc1CC(=O)O. The number of carbonyl (C=O) groups is 1. The fourth-order valence-electron chi connectivity index (χ4n) is 3.04. The van der Waals surface area contributed by atoms with Gasteiger partial charge in [-0.1, -0.05) is 24.3 Å². The van der Waals surface area contributed by atoms with Gasteiger partial charge in [-0.05, 0) is 41.5 Å². The maximum atomic E-state index is 11.0. The molecule has 0 bridgehead atoms. The molecule has 0 saturated heterocycles. The molecule has 1 atom stereocenters. The molecule has 3 rings (SSSR count). The van der Waals surface area contributed by atoms with Gasteiger partial charge in [-0.25, -0.2) is 0 Å². The van der Waals surface area contributed by atoms with Crippen molar-refractivity contribution in [3.63, 3.8) is 0 Å². The molecule has 0 amide bonds. The number of hydrogen-bond donors (Lipinski definition) is 1. The van der Waals surface area contributed by atoms with Gasteiger partial charge in [0, 0.05) is 24.0 Å². The van der Waals surface area contributed by atoms with Crippen LogP contribution >= 0.6 is 11.3 Å². The van der Waals surface area contributed by atoms with Gasteiger partial charge in [-0.3, -0.25) is 9.69 Å². The van der Waals surface area contributed by atoms with Crippen molar-refractivity contribution in [2.45, 2.75) is 32.4 Å². The van der Waals surface area contributed by atoms with Gasteiger partial charge in [0.2, 0.25) is 0 Å². The third-order valence-corrected chi connectivity index (χ3v) is 5.23. The van der Waals surface area contributed by atoms with Crippen LogP contribution in [0.15, 0.2) is 35.7 Å². The van der Waals surface area contributed by atoms with E-state index in [-0.39, 0.29) is 6.42 Å². The van der Waals surface area contributed by atoms with E-state index in [0.29, 0.717) is 6.04 Å². The van der Waals surface area contributed by atoms with E-state index >= 15 is 0 Å². The average molecular weight is 301 g/mol. The summed E-state index contributed by atoms with van der Waals surface area (Å²) >= 11 is 1.84. The molecule has 0 radical (unpaired) electrons. The standard InChI is InChI=1S/C17H19NO2S/c1-12-15-7-9-21-16(15)6-8-18(12)11-14-5-3-2-4-13(14)10-17(19)20/h2-5,7,9,12H,6,8,10-11H2,1H3,(H,19,20). The molecule has 0 spiro atoms. The summed E-state index contributed by atoms with van der Waals surface area (Å²) in [4.78, 5) is 14.9. The van der Waals surface area contributed by atoms with E-state index < -0.39 is 5.97 Å². The molecule has 1 unspecified atom stereocenters. The summed E-state index contributed by atoms with van der Waals surface area (Å²) in [7, 11) is 0. The molecule has 3 nitrogen and oxygen atoms in total. The number of benzene rings is 1. The minimum absolute atomic E-state index is 0.0993. The molecule has 1 N–H and O–H groups in total. The van der Waals surface area contributed by atoms with Gasteiger partial charge in [0.05, 0.1) is 6.42 Å². The van der Waals surface area contributed by atoms with E-state index in [1.54, 1.807) is 0 Å². The van der Waals surface area contributed by atoms with Gasteiger partial charge < -0.3 is 5.11 Å². The summed E-state index contributed by atoms with van der Waals surface area (Å²) in [5, 5.41) is 11.2. The first-order chi connectivity index (χ1) is 10.1. The van der Waals surface area contributed by atoms with Crippen LogP contribution in [0.2, 0.25) is 0 Å². The zero-order chi connectivity index (χ0) is 14.8. The van der Waals surface area contributed by atoms with Gasteiger partial charge in [-0.15, -0.1) is 11.3 Å². The van der Waals surface area contributed by atoms with Crippen LogP contribution in [-0.2, 0) is 24.2 Å². The van der Waals surface area contributed by atoms with Crippen LogP contribution in [0.3, 0.4) is 0 Å². The smallest absolute Gasteiger partial charge is 0.307 e. The average Bonchev–Trinajstić information content (AvgIpc) is 2.92. The van der Waals surface area contributed by atoms with Gasteiger partial charge in [0.15, 0.2) is 0 Å². The largest absolute Gasteiger partial charge is 0.481 e. The van der Waals surface area contributed by atoms with E-state index in [4.69, 9.17) is 5.11 Å².